The number of hydrogen-bond acceptors (Lipinski definition) is 5. The Hall–Kier alpha value is -4.72. The van der Waals surface area contributed by atoms with E-state index in [0.29, 0.717) is 22.6 Å². The Morgan fingerprint density at radius 2 is 1.76 bits per heavy atom. The van der Waals surface area contributed by atoms with Gasteiger partial charge in [0.05, 0.1) is 11.3 Å². The number of carbonyl (C=O) groups is 3. The molecule has 5 rings (SSSR count). The molecule has 1 unspecified atom stereocenters. The molecule has 0 radical (unpaired) electrons. The van der Waals surface area contributed by atoms with Crippen molar-refractivity contribution in [1.82, 2.24) is 9.97 Å². The van der Waals surface area contributed by atoms with Gasteiger partial charge in [-0.05, 0) is 42.5 Å². The zero-order valence-corrected chi connectivity index (χ0v) is 18.1. The first-order valence-electron chi connectivity index (χ1n) is 10.6. The number of carbonyl (C=O) groups excluding carboxylic acids is 3. The van der Waals surface area contributed by atoms with Gasteiger partial charge in [0.15, 0.2) is 0 Å². The fourth-order valence-electron chi connectivity index (χ4n) is 4.24. The zero-order chi connectivity index (χ0) is 23.8. The van der Waals surface area contributed by atoms with Crippen LogP contribution < -0.4 is 10.2 Å². The van der Waals surface area contributed by atoms with Gasteiger partial charge in [0.1, 0.15) is 11.8 Å². The smallest absolute Gasteiger partial charge is 0.300 e. The molecule has 8 nitrogen and oxygen atoms in total. The molecule has 3 heterocycles. The first kappa shape index (κ1) is 21.1. The lowest BCUT2D eigenvalue weighted by Gasteiger charge is -2.24. The fraction of sp³-hybridized carbons (Fsp3) is 0.0769. The van der Waals surface area contributed by atoms with E-state index in [2.05, 4.69) is 15.3 Å². The van der Waals surface area contributed by atoms with Crippen molar-refractivity contribution in [1.29, 1.82) is 0 Å². The topological polar surface area (TPSA) is 115 Å². The number of aromatic amines is 1. The Morgan fingerprint density at radius 3 is 2.47 bits per heavy atom. The summed E-state index contributed by atoms with van der Waals surface area (Å²) in [5.41, 5.74) is 2.61. The van der Waals surface area contributed by atoms with E-state index >= 15 is 0 Å². The highest BCUT2D eigenvalue weighted by Crippen LogP contribution is 2.42. The summed E-state index contributed by atoms with van der Waals surface area (Å²) in [4.78, 5) is 46.6. The van der Waals surface area contributed by atoms with Crippen molar-refractivity contribution in [3.8, 4) is 0 Å². The van der Waals surface area contributed by atoms with Gasteiger partial charge in [-0.25, -0.2) is 0 Å². The Bertz CT molecular complexity index is 1460. The van der Waals surface area contributed by atoms with Crippen LogP contribution in [0.1, 0.15) is 24.2 Å². The number of hydrogen-bond donors (Lipinski definition) is 3. The second kappa shape index (κ2) is 8.32. The Kier molecular flexibility index (Phi) is 5.18. The monoisotopic (exact) mass is 452 g/mol. The molecule has 168 valence electrons. The third-order valence-electron chi connectivity index (χ3n) is 5.72. The quantitative estimate of drug-likeness (QED) is 0.244. The van der Waals surface area contributed by atoms with Gasteiger partial charge in [-0.1, -0.05) is 24.3 Å². The number of ketones is 1. The normalized spacial score (nSPS) is 17.3. The van der Waals surface area contributed by atoms with E-state index in [-0.39, 0.29) is 17.2 Å². The summed E-state index contributed by atoms with van der Waals surface area (Å²) < 4.78 is 0. The van der Waals surface area contributed by atoms with Gasteiger partial charge in [-0.15, -0.1) is 0 Å². The molecule has 4 aromatic rings. The molecular weight excluding hydrogens is 432 g/mol. The number of rotatable bonds is 4. The maximum Gasteiger partial charge on any atom is 0.300 e. The number of nitrogens with one attached hydrogen (secondary N) is 2. The lowest BCUT2D eigenvalue weighted by atomic mass is 9.98. The van der Waals surface area contributed by atoms with Crippen LogP contribution in [0.3, 0.4) is 0 Å². The summed E-state index contributed by atoms with van der Waals surface area (Å²) in [5, 5.41) is 14.7. The predicted octanol–water partition coefficient (Wildman–Crippen LogP) is 4.15. The second-order valence-electron chi connectivity index (χ2n) is 7.90. The average molecular weight is 452 g/mol. The number of pyridine rings is 1. The largest absolute Gasteiger partial charge is 0.507 e. The SMILES string of the molecule is CC(=O)Nc1ccc(N2C(=O)C(=O)/C(=C(\O)c3c[nH]c4ccccc34)C2c2ccccn2)cc1. The number of para-hydroxylation sites is 1. The van der Waals surface area contributed by atoms with E-state index in [0.717, 1.165) is 10.9 Å². The molecule has 8 heteroatoms. The second-order valence-corrected chi connectivity index (χ2v) is 7.90. The molecule has 2 aromatic heterocycles. The van der Waals surface area contributed by atoms with E-state index in [1.54, 1.807) is 54.9 Å². The van der Waals surface area contributed by atoms with E-state index < -0.39 is 17.7 Å². The molecule has 0 bridgehead atoms. The van der Waals surface area contributed by atoms with Crippen molar-refractivity contribution in [2.75, 3.05) is 10.2 Å². The van der Waals surface area contributed by atoms with E-state index in [1.165, 1.54) is 11.8 Å². The highest BCUT2D eigenvalue weighted by atomic mass is 16.3. The molecule has 0 saturated carbocycles. The number of benzene rings is 2. The molecule has 3 N–H and O–H groups in total. The van der Waals surface area contributed by atoms with Gasteiger partial charge in [-0.2, -0.15) is 0 Å². The van der Waals surface area contributed by atoms with Crippen LogP contribution >= 0.6 is 0 Å². The number of fused-ring (bicyclic) bond motifs is 1. The molecule has 0 spiro atoms. The highest BCUT2D eigenvalue weighted by molar-refractivity contribution is 6.51. The number of aromatic nitrogens is 2. The fourth-order valence-corrected chi connectivity index (χ4v) is 4.24. The number of nitrogens with zero attached hydrogens (tertiary/aromatic N) is 2. The maximum atomic E-state index is 13.3. The predicted molar refractivity (Wildman–Crippen MR) is 128 cm³/mol. The summed E-state index contributed by atoms with van der Waals surface area (Å²) in [6.45, 7) is 1.40. The third-order valence-corrected chi connectivity index (χ3v) is 5.72. The van der Waals surface area contributed by atoms with Crippen LogP contribution in [0.5, 0.6) is 0 Å². The van der Waals surface area contributed by atoms with Crippen LogP contribution in [0.25, 0.3) is 16.7 Å². The van der Waals surface area contributed by atoms with Gasteiger partial charge in [0, 0.05) is 47.2 Å². The number of Topliss-reactive ketones (excluding diaryl/α,β-unsaturated/α-hetero) is 1. The number of aliphatic hydroxyl groups is 1. The minimum absolute atomic E-state index is 0.0422. The van der Waals surface area contributed by atoms with E-state index in [1.807, 2.05) is 24.3 Å². The van der Waals surface area contributed by atoms with Crippen molar-refractivity contribution in [3.05, 3.63) is 96.0 Å². The molecule has 0 aliphatic carbocycles. The van der Waals surface area contributed by atoms with Crippen molar-refractivity contribution in [3.63, 3.8) is 0 Å². The Morgan fingerprint density at radius 1 is 1.03 bits per heavy atom. The summed E-state index contributed by atoms with van der Waals surface area (Å²) in [6, 6.07) is 18.2. The summed E-state index contributed by atoms with van der Waals surface area (Å²) in [6.07, 6.45) is 3.19. The average Bonchev–Trinajstić information content (AvgIpc) is 3.39. The van der Waals surface area contributed by atoms with Crippen molar-refractivity contribution in [2.24, 2.45) is 0 Å². The highest BCUT2D eigenvalue weighted by Gasteiger charge is 2.47. The lowest BCUT2D eigenvalue weighted by molar-refractivity contribution is -0.132. The van der Waals surface area contributed by atoms with Crippen molar-refractivity contribution < 1.29 is 19.5 Å². The summed E-state index contributed by atoms with van der Waals surface area (Å²) >= 11 is 0. The minimum Gasteiger partial charge on any atom is -0.507 e. The molecule has 1 atom stereocenters. The van der Waals surface area contributed by atoms with Crippen molar-refractivity contribution in [2.45, 2.75) is 13.0 Å². The summed E-state index contributed by atoms with van der Waals surface area (Å²) in [7, 11) is 0. The van der Waals surface area contributed by atoms with Gasteiger partial charge in [0.25, 0.3) is 11.7 Å². The molecule has 1 aliphatic heterocycles. The van der Waals surface area contributed by atoms with Gasteiger partial charge >= 0.3 is 0 Å². The number of amides is 2. The Balaban J connectivity index is 1.68. The van der Waals surface area contributed by atoms with Crippen LogP contribution in [0.4, 0.5) is 11.4 Å². The van der Waals surface area contributed by atoms with E-state index in [9.17, 15) is 19.5 Å². The van der Waals surface area contributed by atoms with Crippen LogP contribution in [0.15, 0.2) is 84.7 Å². The minimum atomic E-state index is -0.929. The van der Waals surface area contributed by atoms with Crippen LogP contribution in [-0.2, 0) is 14.4 Å². The standard InChI is InChI=1S/C26H20N4O4/c1-15(31)29-16-9-11-17(12-10-16)30-23(21-8-4-5-13-27-21)22(25(33)26(30)34)24(32)19-14-28-20-7-3-2-6-18(19)20/h2-14,23,28,32H,1H3,(H,29,31)/b24-22-. The first-order valence-corrected chi connectivity index (χ1v) is 10.6. The molecular formula is C26H20N4O4. The molecule has 2 amide bonds. The van der Waals surface area contributed by atoms with Crippen molar-refractivity contribution >= 4 is 45.6 Å². The van der Waals surface area contributed by atoms with E-state index in [4.69, 9.17) is 0 Å². The number of H-pyrrole nitrogens is 1. The maximum absolute atomic E-state index is 13.3. The summed E-state index contributed by atoms with van der Waals surface area (Å²) in [5.74, 6) is -2.07. The molecule has 1 fully saturated rings. The zero-order valence-electron chi connectivity index (χ0n) is 18.1. The van der Waals surface area contributed by atoms with Crippen LogP contribution in [-0.4, -0.2) is 32.7 Å². The number of anilines is 2. The van der Waals surface area contributed by atoms with Crippen LogP contribution in [0.2, 0.25) is 0 Å². The molecule has 34 heavy (non-hydrogen) atoms. The molecule has 2 aromatic carbocycles. The first-order chi connectivity index (χ1) is 16.5. The van der Waals surface area contributed by atoms with Gasteiger partial charge in [-0.3, -0.25) is 24.3 Å². The van der Waals surface area contributed by atoms with Crippen LogP contribution in [0, 0.1) is 0 Å². The molecule has 1 aliphatic rings. The number of aliphatic hydroxyl groups excluding tert-OH is 1. The lowest BCUT2D eigenvalue weighted by Crippen LogP contribution is -2.29. The Labute approximate surface area is 194 Å². The third kappa shape index (κ3) is 3.51. The van der Waals surface area contributed by atoms with Gasteiger partial charge in [0.2, 0.25) is 5.91 Å². The molecule has 1 saturated heterocycles. The van der Waals surface area contributed by atoms with Gasteiger partial charge < -0.3 is 15.4 Å².